The number of nitriles is 1. The third-order valence-electron chi connectivity index (χ3n) is 3.14. The van der Waals surface area contributed by atoms with Crippen LogP contribution >= 0.6 is 0 Å². The zero-order chi connectivity index (χ0) is 11.4. The zero-order valence-electron chi connectivity index (χ0n) is 9.44. The van der Waals surface area contributed by atoms with Gasteiger partial charge in [-0.3, -0.25) is 0 Å². The molecule has 0 saturated carbocycles. The van der Waals surface area contributed by atoms with E-state index in [1.807, 2.05) is 24.3 Å². The highest BCUT2D eigenvalue weighted by atomic mass is 16.5. The molecule has 1 aromatic rings. The van der Waals surface area contributed by atoms with Gasteiger partial charge in [0.1, 0.15) is 0 Å². The monoisotopic (exact) mass is 216 g/mol. The molecule has 2 atom stereocenters. The number of methoxy groups -OCH3 is 1. The van der Waals surface area contributed by atoms with Crippen molar-refractivity contribution in [3.05, 3.63) is 35.4 Å². The van der Waals surface area contributed by atoms with Crippen LogP contribution < -0.4 is 5.32 Å². The first-order valence-corrected chi connectivity index (χ1v) is 5.59. The summed E-state index contributed by atoms with van der Waals surface area (Å²) in [6, 6.07) is 10.3. The van der Waals surface area contributed by atoms with Gasteiger partial charge in [-0.1, -0.05) is 12.1 Å². The fraction of sp³-hybridized carbons (Fsp3) is 0.462. The predicted molar refractivity (Wildman–Crippen MR) is 61.9 cm³/mol. The Hall–Kier alpha value is -1.37. The molecule has 1 heterocycles. The van der Waals surface area contributed by atoms with E-state index in [0.717, 1.165) is 19.4 Å². The molecule has 1 aromatic carbocycles. The molecule has 1 aliphatic heterocycles. The maximum atomic E-state index is 8.72. The molecule has 0 radical (unpaired) electrons. The third-order valence-corrected chi connectivity index (χ3v) is 3.14. The van der Waals surface area contributed by atoms with Gasteiger partial charge in [0.05, 0.1) is 17.7 Å². The summed E-state index contributed by atoms with van der Waals surface area (Å²) in [5.74, 6) is 0. The number of piperidine rings is 1. The highest BCUT2D eigenvalue weighted by Crippen LogP contribution is 2.24. The zero-order valence-corrected chi connectivity index (χ0v) is 9.44. The van der Waals surface area contributed by atoms with Crippen LogP contribution in [0.25, 0.3) is 0 Å². The summed E-state index contributed by atoms with van der Waals surface area (Å²) < 4.78 is 5.31. The van der Waals surface area contributed by atoms with Crippen LogP contribution in [0.1, 0.15) is 30.0 Å². The minimum atomic E-state index is 0.342. The SMILES string of the molecule is CO[C@@H]1CC[C@@H](c2ccc(C#N)cc2)NC1. The minimum absolute atomic E-state index is 0.342. The van der Waals surface area contributed by atoms with E-state index in [1.165, 1.54) is 5.56 Å². The number of ether oxygens (including phenoxy) is 1. The molecule has 1 aliphatic rings. The first-order valence-electron chi connectivity index (χ1n) is 5.59. The van der Waals surface area contributed by atoms with Crippen LogP contribution in [0.15, 0.2) is 24.3 Å². The quantitative estimate of drug-likeness (QED) is 0.822. The molecule has 1 fully saturated rings. The summed E-state index contributed by atoms with van der Waals surface area (Å²) in [4.78, 5) is 0. The first-order chi connectivity index (χ1) is 7.83. The summed E-state index contributed by atoms with van der Waals surface area (Å²) in [5.41, 5.74) is 1.97. The van der Waals surface area contributed by atoms with Gasteiger partial charge >= 0.3 is 0 Å². The molecule has 3 nitrogen and oxygen atoms in total. The number of hydrogen-bond acceptors (Lipinski definition) is 3. The van der Waals surface area contributed by atoms with Crippen molar-refractivity contribution in [3.63, 3.8) is 0 Å². The van der Waals surface area contributed by atoms with Crippen molar-refractivity contribution in [2.75, 3.05) is 13.7 Å². The Morgan fingerprint density at radius 2 is 2.06 bits per heavy atom. The van der Waals surface area contributed by atoms with E-state index < -0.39 is 0 Å². The van der Waals surface area contributed by atoms with Crippen molar-refractivity contribution in [3.8, 4) is 6.07 Å². The predicted octanol–water partition coefficient (Wildman–Crippen LogP) is 2.00. The van der Waals surface area contributed by atoms with Crippen LogP contribution in [0.4, 0.5) is 0 Å². The Bertz CT molecular complexity index is 372. The van der Waals surface area contributed by atoms with Crippen molar-refractivity contribution in [1.82, 2.24) is 5.32 Å². The van der Waals surface area contributed by atoms with E-state index in [0.29, 0.717) is 17.7 Å². The van der Waals surface area contributed by atoms with Crippen molar-refractivity contribution >= 4 is 0 Å². The van der Waals surface area contributed by atoms with E-state index in [2.05, 4.69) is 11.4 Å². The molecular formula is C13H16N2O. The molecule has 0 bridgehead atoms. The smallest absolute Gasteiger partial charge is 0.0991 e. The van der Waals surface area contributed by atoms with Gasteiger partial charge in [-0.25, -0.2) is 0 Å². The number of nitrogens with one attached hydrogen (secondary N) is 1. The van der Waals surface area contributed by atoms with E-state index in [1.54, 1.807) is 7.11 Å². The maximum absolute atomic E-state index is 8.72. The average molecular weight is 216 g/mol. The van der Waals surface area contributed by atoms with Gasteiger partial charge in [-0.15, -0.1) is 0 Å². The Balaban J connectivity index is 2.00. The Morgan fingerprint density at radius 1 is 1.31 bits per heavy atom. The normalized spacial score (nSPS) is 25.0. The van der Waals surface area contributed by atoms with Gasteiger partial charge in [-0.05, 0) is 30.5 Å². The lowest BCUT2D eigenvalue weighted by atomic mass is 9.95. The molecule has 0 aliphatic carbocycles. The molecule has 0 spiro atoms. The van der Waals surface area contributed by atoms with E-state index >= 15 is 0 Å². The lowest BCUT2D eigenvalue weighted by molar-refractivity contribution is 0.0705. The summed E-state index contributed by atoms with van der Waals surface area (Å²) in [6.07, 6.45) is 2.52. The molecule has 84 valence electrons. The lowest BCUT2D eigenvalue weighted by Crippen LogP contribution is -2.37. The third kappa shape index (κ3) is 2.41. The molecule has 0 aromatic heterocycles. The molecule has 0 amide bonds. The average Bonchev–Trinajstić information content (AvgIpc) is 2.39. The van der Waals surface area contributed by atoms with Crippen molar-refractivity contribution in [2.24, 2.45) is 0 Å². The second kappa shape index (κ2) is 5.11. The molecule has 0 unspecified atom stereocenters. The van der Waals surface area contributed by atoms with Crippen LogP contribution in [0.2, 0.25) is 0 Å². The van der Waals surface area contributed by atoms with Crippen molar-refractivity contribution in [2.45, 2.75) is 25.0 Å². The standard InChI is InChI=1S/C13H16N2O/c1-16-12-6-7-13(15-9-12)11-4-2-10(8-14)3-5-11/h2-5,12-13,15H,6-7,9H2,1H3/t12-,13+/m1/s1. The lowest BCUT2D eigenvalue weighted by Gasteiger charge is -2.29. The number of benzene rings is 1. The Kier molecular flexibility index (Phi) is 3.55. The molecule has 1 N–H and O–H groups in total. The van der Waals surface area contributed by atoms with Crippen molar-refractivity contribution < 1.29 is 4.74 Å². The Morgan fingerprint density at radius 3 is 2.56 bits per heavy atom. The largest absolute Gasteiger partial charge is 0.380 e. The fourth-order valence-corrected chi connectivity index (χ4v) is 2.11. The van der Waals surface area contributed by atoms with Crippen molar-refractivity contribution in [1.29, 1.82) is 5.26 Å². The molecule has 3 heteroatoms. The van der Waals surface area contributed by atoms with Crippen LogP contribution in [0.3, 0.4) is 0 Å². The van der Waals surface area contributed by atoms with E-state index in [-0.39, 0.29) is 0 Å². The Labute approximate surface area is 96.0 Å². The topological polar surface area (TPSA) is 45.0 Å². The maximum Gasteiger partial charge on any atom is 0.0991 e. The highest BCUT2D eigenvalue weighted by Gasteiger charge is 2.20. The van der Waals surface area contributed by atoms with Crippen LogP contribution in [0, 0.1) is 11.3 Å². The highest BCUT2D eigenvalue weighted by molar-refractivity contribution is 5.33. The van der Waals surface area contributed by atoms with E-state index in [9.17, 15) is 0 Å². The summed E-state index contributed by atoms with van der Waals surface area (Å²) in [7, 11) is 1.76. The van der Waals surface area contributed by atoms with Gasteiger partial charge in [0.2, 0.25) is 0 Å². The summed E-state index contributed by atoms with van der Waals surface area (Å²) >= 11 is 0. The number of nitrogens with zero attached hydrogens (tertiary/aromatic N) is 1. The molecule has 2 rings (SSSR count). The molecule has 1 saturated heterocycles. The van der Waals surface area contributed by atoms with E-state index in [4.69, 9.17) is 10.00 Å². The van der Waals surface area contributed by atoms with Gasteiger partial charge in [-0.2, -0.15) is 5.26 Å². The summed E-state index contributed by atoms with van der Waals surface area (Å²) in [6.45, 7) is 0.904. The second-order valence-corrected chi connectivity index (χ2v) is 4.13. The number of hydrogen-bond donors (Lipinski definition) is 1. The first kappa shape index (κ1) is 11.1. The van der Waals surface area contributed by atoms with Crippen LogP contribution in [-0.4, -0.2) is 19.8 Å². The molecular weight excluding hydrogens is 200 g/mol. The van der Waals surface area contributed by atoms with Crippen LogP contribution in [-0.2, 0) is 4.74 Å². The van der Waals surface area contributed by atoms with Gasteiger partial charge in [0.25, 0.3) is 0 Å². The van der Waals surface area contributed by atoms with Gasteiger partial charge < -0.3 is 10.1 Å². The summed E-state index contributed by atoms with van der Waals surface area (Å²) in [5, 5.41) is 12.2. The van der Waals surface area contributed by atoms with Gasteiger partial charge in [0, 0.05) is 19.7 Å². The van der Waals surface area contributed by atoms with Crippen LogP contribution in [0.5, 0.6) is 0 Å². The fourth-order valence-electron chi connectivity index (χ4n) is 2.11. The number of rotatable bonds is 2. The van der Waals surface area contributed by atoms with Gasteiger partial charge in [0.15, 0.2) is 0 Å². The minimum Gasteiger partial charge on any atom is -0.380 e. The molecule has 16 heavy (non-hydrogen) atoms. The second-order valence-electron chi connectivity index (χ2n) is 4.13.